The number of hydrogen-bond acceptors (Lipinski definition) is 2. The van der Waals surface area contributed by atoms with Gasteiger partial charge in [-0.3, -0.25) is 4.79 Å². The SMILES string of the molecule is Cc1cc(C(O)(C(F)(F)F)C(F)(F)F)ccc1-c1c(F)cc(C=O)c(F)c1C(C)C. The van der Waals surface area contributed by atoms with Crippen molar-refractivity contribution in [3.05, 3.63) is 58.2 Å². The minimum Gasteiger partial charge on any atom is -0.369 e. The van der Waals surface area contributed by atoms with Crippen LogP contribution in [0.15, 0.2) is 24.3 Å². The quantitative estimate of drug-likeness (QED) is 0.455. The maximum Gasteiger partial charge on any atom is 0.430 e. The van der Waals surface area contributed by atoms with Crippen molar-refractivity contribution >= 4 is 6.29 Å². The van der Waals surface area contributed by atoms with Crippen LogP contribution in [0.1, 0.15) is 46.8 Å². The van der Waals surface area contributed by atoms with Crippen LogP contribution in [0.2, 0.25) is 0 Å². The highest BCUT2D eigenvalue weighted by Crippen LogP contribution is 2.50. The lowest BCUT2D eigenvalue weighted by atomic mass is 9.85. The molecule has 0 radical (unpaired) electrons. The molecular weight excluding hydrogens is 424 g/mol. The van der Waals surface area contributed by atoms with Crippen LogP contribution >= 0.6 is 0 Å². The van der Waals surface area contributed by atoms with Crippen molar-refractivity contribution < 1.29 is 45.0 Å². The lowest BCUT2D eigenvalue weighted by Crippen LogP contribution is -2.53. The molecule has 0 bridgehead atoms. The van der Waals surface area contributed by atoms with Gasteiger partial charge in [-0.1, -0.05) is 32.0 Å². The Morgan fingerprint density at radius 2 is 1.50 bits per heavy atom. The summed E-state index contributed by atoms with van der Waals surface area (Å²) < 4.78 is 108. The Morgan fingerprint density at radius 1 is 0.967 bits per heavy atom. The fraction of sp³-hybridized carbons (Fsp3) is 0.350. The zero-order chi connectivity index (χ0) is 23.2. The summed E-state index contributed by atoms with van der Waals surface area (Å²) in [7, 11) is 0. The molecule has 0 atom stereocenters. The Labute approximate surface area is 166 Å². The normalized spacial score (nSPS) is 13.1. The van der Waals surface area contributed by atoms with E-state index in [1.54, 1.807) is 0 Å². The molecule has 0 unspecified atom stereocenters. The fourth-order valence-electron chi connectivity index (χ4n) is 3.22. The van der Waals surface area contributed by atoms with E-state index in [4.69, 9.17) is 0 Å². The second-order valence-electron chi connectivity index (χ2n) is 7.06. The Bertz CT molecular complexity index is 960. The molecule has 0 spiro atoms. The van der Waals surface area contributed by atoms with Crippen LogP contribution in [0.25, 0.3) is 11.1 Å². The highest BCUT2D eigenvalue weighted by Gasteiger charge is 2.71. The summed E-state index contributed by atoms with van der Waals surface area (Å²) in [5.74, 6) is -2.78. The van der Waals surface area contributed by atoms with Gasteiger partial charge in [-0.15, -0.1) is 0 Å². The largest absolute Gasteiger partial charge is 0.430 e. The minimum absolute atomic E-state index is 0.0941. The van der Waals surface area contributed by atoms with Gasteiger partial charge >= 0.3 is 12.4 Å². The van der Waals surface area contributed by atoms with Gasteiger partial charge in [0.15, 0.2) is 6.29 Å². The number of benzene rings is 2. The van der Waals surface area contributed by atoms with Crippen LogP contribution in [-0.2, 0) is 5.60 Å². The van der Waals surface area contributed by atoms with Crippen molar-refractivity contribution in [1.29, 1.82) is 0 Å². The topological polar surface area (TPSA) is 37.3 Å². The molecule has 0 aliphatic rings. The van der Waals surface area contributed by atoms with Gasteiger partial charge in [0.1, 0.15) is 11.6 Å². The highest BCUT2D eigenvalue weighted by atomic mass is 19.4. The Hall–Kier alpha value is -2.49. The molecule has 0 aromatic heterocycles. The summed E-state index contributed by atoms with van der Waals surface area (Å²) in [5.41, 5.74) is -8.32. The average Bonchev–Trinajstić information content (AvgIpc) is 2.60. The van der Waals surface area contributed by atoms with Crippen LogP contribution < -0.4 is 0 Å². The number of carbonyl (C=O) groups is 1. The fourth-order valence-corrected chi connectivity index (χ4v) is 3.22. The predicted molar refractivity (Wildman–Crippen MR) is 92.0 cm³/mol. The van der Waals surface area contributed by atoms with Crippen LogP contribution in [0.4, 0.5) is 35.1 Å². The number of rotatable bonds is 4. The van der Waals surface area contributed by atoms with Gasteiger partial charge in [0.05, 0.1) is 5.56 Å². The van der Waals surface area contributed by atoms with E-state index in [2.05, 4.69) is 0 Å². The number of hydrogen-bond donors (Lipinski definition) is 1. The van der Waals surface area contributed by atoms with Gasteiger partial charge in [0, 0.05) is 16.7 Å². The van der Waals surface area contributed by atoms with Gasteiger partial charge in [0.25, 0.3) is 5.60 Å². The molecule has 2 aromatic rings. The van der Waals surface area contributed by atoms with Crippen molar-refractivity contribution in [2.24, 2.45) is 0 Å². The van der Waals surface area contributed by atoms with E-state index >= 15 is 0 Å². The van der Waals surface area contributed by atoms with E-state index in [0.29, 0.717) is 18.2 Å². The first kappa shape index (κ1) is 23.8. The first-order valence-corrected chi connectivity index (χ1v) is 8.52. The molecule has 2 nitrogen and oxygen atoms in total. The highest BCUT2D eigenvalue weighted by molar-refractivity contribution is 5.81. The van der Waals surface area contributed by atoms with E-state index in [0.717, 1.165) is 13.0 Å². The third-order valence-corrected chi connectivity index (χ3v) is 4.72. The summed E-state index contributed by atoms with van der Waals surface area (Å²) in [6, 6.07) is 2.12. The standard InChI is InChI=1S/C20H16F8O2/c1-9(2)15-16(14(21)7-11(8-29)17(15)22)13-5-4-12(6-10(13)3)18(30,19(23,24)25)20(26,27)28/h4-9,30H,1-3H3. The lowest BCUT2D eigenvalue weighted by molar-refractivity contribution is -0.376. The Kier molecular flexibility index (Phi) is 6.06. The monoisotopic (exact) mass is 440 g/mol. The maximum atomic E-state index is 14.7. The van der Waals surface area contributed by atoms with Gasteiger partial charge in [0.2, 0.25) is 0 Å². The van der Waals surface area contributed by atoms with Crippen LogP contribution in [0.3, 0.4) is 0 Å². The van der Waals surface area contributed by atoms with E-state index in [-0.39, 0.29) is 28.5 Å². The molecule has 2 aromatic carbocycles. The molecule has 30 heavy (non-hydrogen) atoms. The van der Waals surface area contributed by atoms with Gasteiger partial charge in [-0.2, -0.15) is 26.3 Å². The predicted octanol–water partition coefficient (Wildman–Crippen LogP) is 6.19. The number of halogens is 8. The van der Waals surface area contributed by atoms with Crippen molar-refractivity contribution in [3.8, 4) is 11.1 Å². The van der Waals surface area contributed by atoms with Crippen molar-refractivity contribution in [1.82, 2.24) is 0 Å². The van der Waals surface area contributed by atoms with E-state index in [1.807, 2.05) is 0 Å². The number of aryl methyl sites for hydroxylation is 1. The molecular formula is C20H16F8O2. The number of aldehydes is 1. The molecule has 164 valence electrons. The van der Waals surface area contributed by atoms with Gasteiger partial charge < -0.3 is 5.11 Å². The minimum atomic E-state index is -6.08. The van der Waals surface area contributed by atoms with E-state index < -0.39 is 46.6 Å². The van der Waals surface area contributed by atoms with Crippen LogP contribution in [0.5, 0.6) is 0 Å². The van der Waals surface area contributed by atoms with Crippen molar-refractivity contribution in [2.75, 3.05) is 0 Å². The second kappa shape index (κ2) is 7.64. The molecule has 0 aliphatic heterocycles. The zero-order valence-corrected chi connectivity index (χ0v) is 15.8. The summed E-state index contributed by atoms with van der Waals surface area (Å²) in [6.07, 6.45) is -12.1. The molecule has 0 saturated carbocycles. The molecule has 1 N–H and O–H groups in total. The molecule has 0 heterocycles. The summed E-state index contributed by atoms with van der Waals surface area (Å²) in [6.45, 7) is 4.05. The molecule has 10 heteroatoms. The molecule has 2 rings (SSSR count). The van der Waals surface area contributed by atoms with Crippen LogP contribution in [-0.4, -0.2) is 23.7 Å². The first-order valence-electron chi connectivity index (χ1n) is 8.52. The number of carbonyl (C=O) groups excluding carboxylic acids is 1. The third kappa shape index (κ3) is 3.68. The number of aliphatic hydroxyl groups is 1. The maximum absolute atomic E-state index is 14.7. The molecule has 0 fully saturated rings. The molecule has 0 saturated heterocycles. The third-order valence-electron chi connectivity index (χ3n) is 4.72. The Morgan fingerprint density at radius 3 is 1.90 bits per heavy atom. The average molecular weight is 440 g/mol. The summed E-state index contributed by atoms with van der Waals surface area (Å²) >= 11 is 0. The van der Waals surface area contributed by atoms with E-state index in [1.165, 1.54) is 13.8 Å². The summed E-state index contributed by atoms with van der Waals surface area (Å²) in [4.78, 5) is 11.0. The van der Waals surface area contributed by atoms with Gasteiger partial charge in [-0.25, -0.2) is 8.78 Å². The smallest absolute Gasteiger partial charge is 0.369 e. The zero-order valence-electron chi connectivity index (χ0n) is 15.8. The second-order valence-corrected chi connectivity index (χ2v) is 7.06. The lowest BCUT2D eigenvalue weighted by Gasteiger charge is -2.33. The molecule has 0 aliphatic carbocycles. The Balaban J connectivity index is 2.81. The van der Waals surface area contributed by atoms with Crippen LogP contribution in [0, 0.1) is 18.6 Å². The first-order chi connectivity index (χ1) is 13.6. The van der Waals surface area contributed by atoms with Crippen molar-refractivity contribution in [3.63, 3.8) is 0 Å². The summed E-state index contributed by atoms with van der Waals surface area (Å²) in [5, 5.41) is 9.53. The number of alkyl halides is 6. The van der Waals surface area contributed by atoms with Gasteiger partial charge in [-0.05, 0) is 30.0 Å². The van der Waals surface area contributed by atoms with Crippen molar-refractivity contribution in [2.45, 2.75) is 44.6 Å². The molecule has 0 amide bonds. The van der Waals surface area contributed by atoms with E-state index in [9.17, 15) is 45.0 Å².